The van der Waals surface area contributed by atoms with Crippen LogP contribution in [0.25, 0.3) is 10.1 Å². The van der Waals surface area contributed by atoms with Gasteiger partial charge in [0.25, 0.3) is 0 Å². The van der Waals surface area contributed by atoms with Gasteiger partial charge in [0.05, 0.1) is 11.3 Å². The van der Waals surface area contributed by atoms with E-state index in [4.69, 9.17) is 11.0 Å². The first-order valence-corrected chi connectivity index (χ1v) is 4.78. The molecule has 1 aromatic carbocycles. The van der Waals surface area contributed by atoms with Gasteiger partial charge in [-0.05, 0) is 30.0 Å². The topological polar surface area (TPSA) is 49.8 Å². The van der Waals surface area contributed by atoms with Crippen LogP contribution in [0.1, 0.15) is 11.1 Å². The van der Waals surface area contributed by atoms with Gasteiger partial charge < -0.3 is 5.73 Å². The number of aryl methyl sites for hydroxylation is 1. The molecule has 0 unspecified atom stereocenters. The van der Waals surface area contributed by atoms with Crippen LogP contribution >= 0.6 is 11.3 Å². The summed E-state index contributed by atoms with van der Waals surface area (Å²) < 4.78 is 1.16. The smallest absolute Gasteiger partial charge is 0.102 e. The van der Waals surface area contributed by atoms with Crippen molar-refractivity contribution in [3.63, 3.8) is 0 Å². The maximum Gasteiger partial charge on any atom is 0.102 e. The SMILES string of the molecule is Cc1cc(N)c(C#N)c2ccsc12. The summed E-state index contributed by atoms with van der Waals surface area (Å²) in [6.45, 7) is 2.01. The zero-order valence-electron chi connectivity index (χ0n) is 7.16. The third-order valence-corrected chi connectivity index (χ3v) is 3.11. The van der Waals surface area contributed by atoms with E-state index in [0.29, 0.717) is 11.3 Å². The Kier molecular flexibility index (Phi) is 1.71. The van der Waals surface area contributed by atoms with Gasteiger partial charge in [-0.3, -0.25) is 0 Å². The predicted molar refractivity (Wildman–Crippen MR) is 55.7 cm³/mol. The van der Waals surface area contributed by atoms with E-state index in [1.165, 1.54) is 0 Å². The van der Waals surface area contributed by atoms with E-state index >= 15 is 0 Å². The van der Waals surface area contributed by atoms with Crippen molar-refractivity contribution in [2.75, 3.05) is 5.73 Å². The molecule has 64 valence electrons. The second kappa shape index (κ2) is 2.75. The van der Waals surface area contributed by atoms with Gasteiger partial charge in [-0.25, -0.2) is 0 Å². The average Bonchev–Trinajstić information content (AvgIpc) is 2.53. The minimum absolute atomic E-state index is 0.575. The van der Waals surface area contributed by atoms with Gasteiger partial charge in [-0.1, -0.05) is 0 Å². The molecule has 0 bridgehead atoms. The van der Waals surface area contributed by atoms with E-state index in [9.17, 15) is 0 Å². The lowest BCUT2D eigenvalue weighted by molar-refractivity contribution is 1.49. The minimum Gasteiger partial charge on any atom is -0.398 e. The fraction of sp³-hybridized carbons (Fsp3) is 0.100. The summed E-state index contributed by atoms with van der Waals surface area (Å²) in [7, 11) is 0. The predicted octanol–water partition coefficient (Wildman–Crippen LogP) is 2.66. The largest absolute Gasteiger partial charge is 0.398 e. The lowest BCUT2D eigenvalue weighted by atomic mass is 10.1. The monoisotopic (exact) mass is 188 g/mol. The maximum atomic E-state index is 8.90. The number of nitrogens with zero attached hydrogens (tertiary/aromatic N) is 1. The molecule has 0 spiro atoms. The van der Waals surface area contributed by atoms with Crippen molar-refractivity contribution in [3.8, 4) is 6.07 Å². The highest BCUT2D eigenvalue weighted by Gasteiger charge is 2.07. The normalized spacial score (nSPS) is 10.2. The fourth-order valence-corrected chi connectivity index (χ4v) is 2.34. The number of nitriles is 1. The maximum absolute atomic E-state index is 8.90. The van der Waals surface area contributed by atoms with Gasteiger partial charge in [0.15, 0.2) is 0 Å². The fourth-order valence-electron chi connectivity index (χ4n) is 1.46. The summed E-state index contributed by atoms with van der Waals surface area (Å²) in [6.07, 6.45) is 0. The molecule has 2 rings (SSSR count). The van der Waals surface area contributed by atoms with Crippen molar-refractivity contribution in [3.05, 3.63) is 28.6 Å². The summed E-state index contributed by atoms with van der Waals surface area (Å²) >= 11 is 1.65. The number of fused-ring (bicyclic) bond motifs is 1. The molecule has 0 saturated heterocycles. The Morgan fingerprint density at radius 2 is 2.31 bits per heavy atom. The highest BCUT2D eigenvalue weighted by atomic mass is 32.1. The van der Waals surface area contributed by atoms with Crippen LogP contribution in [-0.4, -0.2) is 0 Å². The summed E-state index contributed by atoms with van der Waals surface area (Å²) in [6, 6.07) is 5.94. The average molecular weight is 188 g/mol. The Morgan fingerprint density at radius 1 is 1.54 bits per heavy atom. The Balaban J connectivity index is 2.99. The second-order valence-corrected chi connectivity index (χ2v) is 3.85. The number of benzene rings is 1. The molecule has 0 atom stereocenters. The quantitative estimate of drug-likeness (QED) is 0.646. The minimum atomic E-state index is 0.575. The van der Waals surface area contributed by atoms with Gasteiger partial charge in [-0.2, -0.15) is 5.26 Å². The van der Waals surface area contributed by atoms with Crippen LogP contribution in [0.5, 0.6) is 0 Å². The van der Waals surface area contributed by atoms with Crippen molar-refractivity contribution in [1.29, 1.82) is 5.26 Å². The molecule has 0 aliphatic rings. The van der Waals surface area contributed by atoms with E-state index in [-0.39, 0.29) is 0 Å². The lowest BCUT2D eigenvalue weighted by Crippen LogP contribution is -1.91. The molecular formula is C10H8N2S. The molecule has 13 heavy (non-hydrogen) atoms. The van der Waals surface area contributed by atoms with Crippen molar-refractivity contribution in [2.45, 2.75) is 6.92 Å². The number of nitrogens with two attached hydrogens (primary N) is 1. The zero-order valence-corrected chi connectivity index (χ0v) is 7.98. The molecule has 0 radical (unpaired) electrons. The zero-order chi connectivity index (χ0) is 9.42. The van der Waals surface area contributed by atoms with E-state index in [1.54, 1.807) is 11.3 Å². The van der Waals surface area contributed by atoms with Crippen LogP contribution in [0.2, 0.25) is 0 Å². The molecule has 1 heterocycles. The van der Waals surface area contributed by atoms with E-state index in [1.807, 2.05) is 24.4 Å². The first-order valence-electron chi connectivity index (χ1n) is 3.90. The summed E-state index contributed by atoms with van der Waals surface area (Å²) in [5.74, 6) is 0. The third kappa shape index (κ3) is 1.07. The lowest BCUT2D eigenvalue weighted by Gasteiger charge is -2.01. The molecule has 0 aliphatic heterocycles. The number of nitrogen functional groups attached to an aromatic ring is 1. The van der Waals surface area contributed by atoms with Crippen LogP contribution in [0, 0.1) is 18.3 Å². The second-order valence-electron chi connectivity index (χ2n) is 2.93. The van der Waals surface area contributed by atoms with Crippen LogP contribution in [-0.2, 0) is 0 Å². The van der Waals surface area contributed by atoms with Gasteiger partial charge in [0.2, 0.25) is 0 Å². The molecule has 2 aromatic rings. The molecule has 3 heteroatoms. The van der Waals surface area contributed by atoms with Gasteiger partial charge in [0, 0.05) is 10.1 Å². The number of anilines is 1. The molecule has 2 nitrogen and oxygen atoms in total. The molecule has 0 aliphatic carbocycles. The Hall–Kier alpha value is -1.53. The number of hydrogen-bond acceptors (Lipinski definition) is 3. The van der Waals surface area contributed by atoms with Crippen LogP contribution in [0.4, 0.5) is 5.69 Å². The molecule has 0 fully saturated rings. The van der Waals surface area contributed by atoms with Gasteiger partial charge >= 0.3 is 0 Å². The molecule has 0 saturated carbocycles. The van der Waals surface area contributed by atoms with E-state index in [0.717, 1.165) is 15.6 Å². The first kappa shape index (κ1) is 8.09. The van der Waals surface area contributed by atoms with Crippen molar-refractivity contribution < 1.29 is 0 Å². The van der Waals surface area contributed by atoms with Gasteiger partial charge in [-0.15, -0.1) is 11.3 Å². The Morgan fingerprint density at radius 3 is 3.00 bits per heavy atom. The Labute approximate surface area is 80.2 Å². The highest BCUT2D eigenvalue weighted by molar-refractivity contribution is 7.17. The molecule has 2 N–H and O–H groups in total. The van der Waals surface area contributed by atoms with Crippen molar-refractivity contribution in [2.24, 2.45) is 0 Å². The van der Waals surface area contributed by atoms with Crippen molar-refractivity contribution in [1.82, 2.24) is 0 Å². The van der Waals surface area contributed by atoms with E-state index < -0.39 is 0 Å². The number of thiophene rings is 1. The van der Waals surface area contributed by atoms with Crippen molar-refractivity contribution >= 4 is 27.1 Å². The Bertz CT molecular complexity index is 505. The standard InChI is InChI=1S/C10H8N2S/c1-6-4-9(12)8(5-11)7-2-3-13-10(6)7/h2-4H,12H2,1H3. The third-order valence-electron chi connectivity index (χ3n) is 2.07. The molecule has 1 aromatic heterocycles. The summed E-state index contributed by atoms with van der Waals surface area (Å²) in [4.78, 5) is 0. The molecular weight excluding hydrogens is 180 g/mol. The van der Waals surface area contributed by atoms with Crippen LogP contribution < -0.4 is 5.73 Å². The highest BCUT2D eigenvalue weighted by Crippen LogP contribution is 2.30. The first-order chi connectivity index (χ1) is 6.24. The number of rotatable bonds is 0. The summed E-state index contributed by atoms with van der Waals surface area (Å²) in [5, 5.41) is 11.9. The number of hydrogen-bond donors (Lipinski definition) is 1. The van der Waals surface area contributed by atoms with Crippen LogP contribution in [0.15, 0.2) is 17.5 Å². The molecule has 0 amide bonds. The van der Waals surface area contributed by atoms with Crippen LogP contribution in [0.3, 0.4) is 0 Å². The van der Waals surface area contributed by atoms with E-state index in [2.05, 4.69) is 6.07 Å². The van der Waals surface area contributed by atoms with Gasteiger partial charge in [0.1, 0.15) is 6.07 Å². The summed E-state index contributed by atoms with van der Waals surface area (Å²) in [5.41, 5.74) is 8.05.